The molecule has 1 radical (unpaired) electrons. The molecular formula is C5H8N. The number of nitrogens with zero attached hydrogens (tertiary/aromatic N) is 1. The van der Waals surface area contributed by atoms with E-state index in [0.717, 1.165) is 6.04 Å². The van der Waals surface area contributed by atoms with Gasteiger partial charge in [0.15, 0.2) is 0 Å². The number of rotatable bonds is 0. The second kappa shape index (κ2) is 0.784. The van der Waals surface area contributed by atoms with E-state index in [1.54, 1.807) is 0 Å². The maximum atomic E-state index is 2.40. The number of hydrogen-bond acceptors (Lipinski definition) is 1. The molecule has 1 nitrogen and oxygen atoms in total. The van der Waals surface area contributed by atoms with Crippen LogP contribution >= 0.6 is 0 Å². The summed E-state index contributed by atoms with van der Waals surface area (Å²) in [5, 5.41) is 0. The predicted octanol–water partition coefficient (Wildman–Crippen LogP) is 0.626. The lowest BCUT2D eigenvalue weighted by Crippen LogP contribution is -1.81. The molecule has 2 rings (SSSR count). The fourth-order valence-electron chi connectivity index (χ4n) is 1.11. The predicted molar refractivity (Wildman–Crippen MR) is 24.0 cm³/mol. The minimum atomic E-state index is 0.991. The molecule has 0 aromatic rings. The van der Waals surface area contributed by atoms with E-state index in [0.29, 0.717) is 0 Å². The molecule has 0 aliphatic carbocycles. The highest BCUT2D eigenvalue weighted by molar-refractivity contribution is 5.00. The summed E-state index contributed by atoms with van der Waals surface area (Å²) in [4.78, 5) is 2.40. The van der Waals surface area contributed by atoms with Gasteiger partial charge in [0.2, 0.25) is 0 Å². The lowest BCUT2D eigenvalue weighted by molar-refractivity contribution is 0.682. The van der Waals surface area contributed by atoms with E-state index < -0.39 is 0 Å². The van der Waals surface area contributed by atoms with Gasteiger partial charge >= 0.3 is 0 Å². The van der Waals surface area contributed by atoms with Crippen LogP contribution in [0.25, 0.3) is 0 Å². The highest BCUT2D eigenvalue weighted by Crippen LogP contribution is 2.32. The molecule has 33 valence electrons. The van der Waals surface area contributed by atoms with Gasteiger partial charge in [0.05, 0.1) is 0 Å². The minimum Gasteiger partial charge on any atom is -0.293 e. The zero-order valence-corrected chi connectivity index (χ0v) is 3.72. The standard InChI is InChI=1S/C5H8N/c1-2-5-4-6(5)3-1/h3,5H,1-2,4H2. The van der Waals surface area contributed by atoms with Gasteiger partial charge < -0.3 is 0 Å². The third-order valence-corrected chi connectivity index (χ3v) is 1.62. The molecule has 6 heavy (non-hydrogen) atoms. The van der Waals surface area contributed by atoms with Crippen LogP contribution in [0.4, 0.5) is 0 Å². The Bertz CT molecular complexity index is 62.3. The second-order valence-electron chi connectivity index (χ2n) is 2.11. The van der Waals surface area contributed by atoms with Crippen molar-refractivity contribution in [3.05, 3.63) is 6.54 Å². The minimum absolute atomic E-state index is 0.991. The van der Waals surface area contributed by atoms with Crippen LogP contribution in [-0.4, -0.2) is 17.5 Å². The van der Waals surface area contributed by atoms with Crippen molar-refractivity contribution in [1.82, 2.24) is 4.90 Å². The van der Waals surface area contributed by atoms with E-state index in [4.69, 9.17) is 0 Å². The maximum Gasteiger partial charge on any atom is 0.0256 e. The Morgan fingerprint density at radius 2 is 2.67 bits per heavy atom. The number of piperidine rings is 1. The third kappa shape index (κ3) is 0.243. The molecular weight excluding hydrogens is 74.1 g/mol. The Kier molecular flexibility index (Phi) is 0.396. The first-order valence-corrected chi connectivity index (χ1v) is 2.56. The molecule has 2 fully saturated rings. The van der Waals surface area contributed by atoms with Gasteiger partial charge in [0.25, 0.3) is 0 Å². The SMILES string of the molecule is [CH]1CCC2CN12. The molecule has 0 saturated carbocycles. The van der Waals surface area contributed by atoms with Crippen molar-refractivity contribution in [3.63, 3.8) is 0 Å². The van der Waals surface area contributed by atoms with Crippen molar-refractivity contribution >= 4 is 0 Å². The Morgan fingerprint density at radius 3 is 2.83 bits per heavy atom. The summed E-state index contributed by atoms with van der Waals surface area (Å²) < 4.78 is 0. The van der Waals surface area contributed by atoms with Gasteiger partial charge in [-0.1, -0.05) is 0 Å². The fourth-order valence-corrected chi connectivity index (χ4v) is 1.11. The average molecular weight is 82.1 g/mol. The van der Waals surface area contributed by atoms with E-state index in [1.165, 1.54) is 19.4 Å². The topological polar surface area (TPSA) is 3.01 Å². The lowest BCUT2D eigenvalue weighted by atomic mass is 10.3. The molecule has 2 atom stereocenters. The summed E-state index contributed by atoms with van der Waals surface area (Å²) in [6.45, 7) is 3.67. The van der Waals surface area contributed by atoms with E-state index in [-0.39, 0.29) is 0 Å². The van der Waals surface area contributed by atoms with Crippen molar-refractivity contribution in [3.8, 4) is 0 Å². The van der Waals surface area contributed by atoms with E-state index >= 15 is 0 Å². The van der Waals surface area contributed by atoms with Crippen LogP contribution in [0.3, 0.4) is 0 Å². The van der Waals surface area contributed by atoms with E-state index in [9.17, 15) is 0 Å². The zero-order valence-electron chi connectivity index (χ0n) is 3.72. The summed E-state index contributed by atoms with van der Waals surface area (Å²) in [5.74, 6) is 0. The monoisotopic (exact) mass is 82.1 g/mol. The third-order valence-electron chi connectivity index (χ3n) is 1.62. The largest absolute Gasteiger partial charge is 0.293 e. The first-order chi connectivity index (χ1) is 2.97. The molecule has 2 heterocycles. The molecule has 2 unspecified atom stereocenters. The van der Waals surface area contributed by atoms with Gasteiger partial charge in [-0.15, -0.1) is 0 Å². The molecule has 0 amide bonds. The van der Waals surface area contributed by atoms with Crippen LogP contribution in [0.1, 0.15) is 12.8 Å². The van der Waals surface area contributed by atoms with Gasteiger partial charge in [-0.05, 0) is 12.8 Å². The molecule has 0 aromatic carbocycles. The Balaban J connectivity index is 2.09. The molecule has 0 spiro atoms. The van der Waals surface area contributed by atoms with Crippen LogP contribution < -0.4 is 0 Å². The van der Waals surface area contributed by atoms with Crippen LogP contribution in [-0.2, 0) is 0 Å². The quantitative estimate of drug-likeness (QED) is 0.387. The molecule has 0 aromatic heterocycles. The normalized spacial score (nSPS) is 52.0. The Labute approximate surface area is 37.9 Å². The second-order valence-corrected chi connectivity index (χ2v) is 2.11. The molecule has 1 heteroatoms. The molecule has 2 aliphatic rings. The molecule has 2 saturated heterocycles. The van der Waals surface area contributed by atoms with Gasteiger partial charge in [0, 0.05) is 19.1 Å². The molecule has 0 bridgehead atoms. The number of hydrogen-bond donors (Lipinski definition) is 0. The summed E-state index contributed by atoms with van der Waals surface area (Å²) >= 11 is 0. The Morgan fingerprint density at radius 1 is 1.67 bits per heavy atom. The van der Waals surface area contributed by atoms with Gasteiger partial charge in [-0.25, -0.2) is 0 Å². The molecule has 0 N–H and O–H groups in total. The lowest BCUT2D eigenvalue weighted by Gasteiger charge is -1.82. The van der Waals surface area contributed by atoms with Crippen LogP contribution in [0.5, 0.6) is 0 Å². The first kappa shape index (κ1) is 3.03. The zero-order chi connectivity index (χ0) is 3.98. The Hall–Kier alpha value is -0.0400. The van der Waals surface area contributed by atoms with Crippen LogP contribution in [0, 0.1) is 6.54 Å². The summed E-state index contributed by atoms with van der Waals surface area (Å²) in [6, 6.07) is 0.991. The molecule has 2 aliphatic heterocycles. The van der Waals surface area contributed by atoms with Crippen molar-refractivity contribution in [1.29, 1.82) is 0 Å². The first-order valence-electron chi connectivity index (χ1n) is 2.56. The van der Waals surface area contributed by atoms with Crippen molar-refractivity contribution in [2.24, 2.45) is 0 Å². The maximum absolute atomic E-state index is 2.40. The average Bonchev–Trinajstić information content (AvgIpc) is 2.17. The summed E-state index contributed by atoms with van der Waals surface area (Å²) in [6.07, 6.45) is 2.77. The summed E-state index contributed by atoms with van der Waals surface area (Å²) in [5.41, 5.74) is 0. The van der Waals surface area contributed by atoms with Crippen molar-refractivity contribution in [2.75, 3.05) is 6.54 Å². The van der Waals surface area contributed by atoms with Gasteiger partial charge in [0.1, 0.15) is 0 Å². The van der Waals surface area contributed by atoms with Crippen LogP contribution in [0.15, 0.2) is 0 Å². The smallest absolute Gasteiger partial charge is 0.0256 e. The van der Waals surface area contributed by atoms with Crippen molar-refractivity contribution in [2.45, 2.75) is 18.9 Å². The fraction of sp³-hybridized carbons (Fsp3) is 0.800. The summed E-state index contributed by atoms with van der Waals surface area (Å²) in [7, 11) is 0. The number of fused-ring (bicyclic) bond motifs is 1. The highest BCUT2D eigenvalue weighted by atomic mass is 15.3. The van der Waals surface area contributed by atoms with E-state index in [2.05, 4.69) is 11.4 Å². The van der Waals surface area contributed by atoms with Gasteiger partial charge in [-0.3, -0.25) is 4.90 Å². The van der Waals surface area contributed by atoms with E-state index in [1.807, 2.05) is 0 Å². The van der Waals surface area contributed by atoms with Gasteiger partial charge in [-0.2, -0.15) is 0 Å². The van der Waals surface area contributed by atoms with Crippen LogP contribution in [0.2, 0.25) is 0 Å². The van der Waals surface area contributed by atoms with Crippen molar-refractivity contribution < 1.29 is 0 Å². The highest BCUT2D eigenvalue weighted by Gasteiger charge is 2.37.